The Morgan fingerprint density at radius 3 is 2.33 bits per heavy atom. The van der Waals surface area contributed by atoms with Gasteiger partial charge >= 0.3 is 0 Å². The number of amides is 1. The Hall–Kier alpha value is -3.12. The zero-order chi connectivity index (χ0) is 29.4. The largest absolute Gasteiger partial charge is 0.312 e. The molecule has 0 radical (unpaired) electrons. The van der Waals surface area contributed by atoms with E-state index in [2.05, 4.69) is 5.32 Å². The number of carbonyl (C=O) groups excluding carboxylic acids is 1. The van der Waals surface area contributed by atoms with Crippen LogP contribution in [0.25, 0.3) is 10.8 Å². The maximum Gasteiger partial charge on any atom is 0.253 e. The van der Waals surface area contributed by atoms with Crippen LogP contribution < -0.4 is 5.32 Å². The van der Waals surface area contributed by atoms with Crippen molar-refractivity contribution in [2.24, 2.45) is 10.9 Å². The molecule has 1 unspecified atom stereocenters. The highest BCUT2D eigenvalue weighted by Gasteiger charge is 2.48. The summed E-state index contributed by atoms with van der Waals surface area (Å²) in [6.45, 7) is 1.18. The van der Waals surface area contributed by atoms with E-state index in [4.69, 9.17) is 4.99 Å². The van der Waals surface area contributed by atoms with Gasteiger partial charge in [0.15, 0.2) is 0 Å². The van der Waals surface area contributed by atoms with Gasteiger partial charge in [-0.15, -0.1) is 0 Å². The van der Waals surface area contributed by atoms with Crippen LogP contribution in [-0.2, 0) is 37.0 Å². The highest BCUT2D eigenvalue weighted by molar-refractivity contribution is 7.89. The first-order chi connectivity index (χ1) is 20.2. The van der Waals surface area contributed by atoms with E-state index >= 15 is 0 Å². The first kappa shape index (κ1) is 29.0. The predicted molar refractivity (Wildman–Crippen MR) is 164 cm³/mol. The Bertz CT molecular complexity index is 1710. The second-order valence-corrected chi connectivity index (χ2v) is 15.6. The van der Waals surface area contributed by atoms with Gasteiger partial charge in [-0.25, -0.2) is 25.4 Å². The molecule has 11 heteroatoms. The third-order valence-electron chi connectivity index (χ3n) is 8.81. The fourth-order valence-electron chi connectivity index (χ4n) is 6.38. The van der Waals surface area contributed by atoms with Crippen LogP contribution in [0.1, 0.15) is 36.8 Å². The number of sulfonamides is 2. The molecule has 2 saturated heterocycles. The van der Waals surface area contributed by atoms with Crippen LogP contribution in [0, 0.1) is 5.92 Å². The van der Waals surface area contributed by atoms with Gasteiger partial charge in [0.1, 0.15) is 11.4 Å². The van der Waals surface area contributed by atoms with Crippen LogP contribution in [0.5, 0.6) is 0 Å². The second kappa shape index (κ2) is 11.5. The summed E-state index contributed by atoms with van der Waals surface area (Å²) in [5.74, 6) is 0.0645. The van der Waals surface area contributed by atoms with Gasteiger partial charge in [-0.2, -0.15) is 0 Å². The van der Waals surface area contributed by atoms with E-state index in [1.165, 1.54) is 8.61 Å². The third-order valence-corrected chi connectivity index (χ3v) is 12.5. The number of aryl methyl sites for hydroxylation is 1. The Balaban J connectivity index is 1.09. The minimum absolute atomic E-state index is 0.00405. The molecule has 9 nitrogen and oxygen atoms in total. The molecule has 0 aliphatic carbocycles. The molecule has 1 amide bonds. The number of nitrogens with zero attached hydrogens (tertiary/aromatic N) is 3. The fourth-order valence-corrected chi connectivity index (χ4v) is 9.47. The summed E-state index contributed by atoms with van der Waals surface area (Å²) < 4.78 is 55.9. The fraction of sp³-hybridized carbons (Fsp3) is 0.419. The number of nitrogens with one attached hydrogen (secondary N) is 1. The number of hydrogen-bond donors (Lipinski definition) is 1. The maximum absolute atomic E-state index is 13.3. The zero-order valence-electron chi connectivity index (χ0n) is 23.5. The third kappa shape index (κ3) is 5.88. The number of carbonyl (C=O) groups is 1. The number of fused-ring (bicyclic) bond motifs is 1. The minimum Gasteiger partial charge on any atom is -0.312 e. The highest BCUT2D eigenvalue weighted by atomic mass is 32.2. The average Bonchev–Trinajstić information content (AvgIpc) is 3.31. The monoisotopic (exact) mass is 608 g/mol. The van der Waals surface area contributed by atoms with E-state index in [0.717, 1.165) is 28.3 Å². The molecule has 1 N–H and O–H groups in total. The van der Waals surface area contributed by atoms with Crippen molar-refractivity contribution in [2.45, 2.75) is 43.4 Å². The van der Waals surface area contributed by atoms with Gasteiger partial charge in [-0.3, -0.25) is 9.79 Å². The summed E-state index contributed by atoms with van der Waals surface area (Å²) in [5, 5.41) is 5.09. The molecule has 1 atom stereocenters. The van der Waals surface area contributed by atoms with Crippen molar-refractivity contribution in [1.82, 2.24) is 13.9 Å². The van der Waals surface area contributed by atoms with E-state index < -0.39 is 25.6 Å². The molecule has 3 aliphatic rings. The van der Waals surface area contributed by atoms with Crippen molar-refractivity contribution in [1.29, 1.82) is 0 Å². The molecule has 0 saturated carbocycles. The number of piperidine rings is 2. The van der Waals surface area contributed by atoms with Crippen LogP contribution >= 0.6 is 0 Å². The average molecular weight is 609 g/mol. The standard InChI is InChI=1S/C31H36N4O5S2/c36-30-31(33-29(32-30)27-13-7-18-35(22-27)42(39,40)23-24-8-2-1-3-9-24)16-19-34(20-17-31)41(37,38)21-15-26-12-6-11-25-10-4-5-14-28(25)26/h1-6,8-12,14,27H,7,13,15-23H2,(H,32,33,36). The van der Waals surface area contributed by atoms with Crippen LogP contribution in [0.4, 0.5) is 0 Å². The maximum atomic E-state index is 13.3. The van der Waals surface area contributed by atoms with Gasteiger partial charge in [0, 0.05) is 32.1 Å². The molecule has 3 aromatic carbocycles. The molecule has 0 aromatic heterocycles. The smallest absolute Gasteiger partial charge is 0.253 e. The molecular weight excluding hydrogens is 572 g/mol. The summed E-state index contributed by atoms with van der Waals surface area (Å²) in [7, 11) is -7.03. The Morgan fingerprint density at radius 1 is 0.833 bits per heavy atom. The summed E-state index contributed by atoms with van der Waals surface area (Å²) in [6, 6.07) is 23.0. The summed E-state index contributed by atoms with van der Waals surface area (Å²) in [4.78, 5) is 18.0. The number of amidine groups is 1. The Kier molecular flexibility index (Phi) is 7.95. The lowest BCUT2D eigenvalue weighted by Crippen LogP contribution is -2.51. The van der Waals surface area contributed by atoms with Crippen molar-refractivity contribution in [3.8, 4) is 0 Å². The molecular formula is C31H36N4O5S2. The second-order valence-electron chi connectivity index (χ2n) is 11.5. The molecule has 2 fully saturated rings. The van der Waals surface area contributed by atoms with Gasteiger partial charge in [-0.05, 0) is 54.0 Å². The van der Waals surface area contributed by atoms with Gasteiger partial charge in [0.2, 0.25) is 20.0 Å². The lowest BCUT2D eigenvalue weighted by Gasteiger charge is -2.35. The molecule has 222 valence electrons. The topological polar surface area (TPSA) is 116 Å². The van der Waals surface area contributed by atoms with E-state index in [1.807, 2.05) is 60.7 Å². The molecule has 3 aromatic rings. The minimum atomic E-state index is -3.52. The van der Waals surface area contributed by atoms with Crippen molar-refractivity contribution >= 4 is 42.6 Å². The van der Waals surface area contributed by atoms with E-state index in [0.29, 0.717) is 38.1 Å². The predicted octanol–water partition coefficient (Wildman–Crippen LogP) is 3.32. The van der Waals surface area contributed by atoms with Crippen LogP contribution in [0.2, 0.25) is 0 Å². The van der Waals surface area contributed by atoms with Crippen molar-refractivity contribution in [3.05, 3.63) is 83.9 Å². The van der Waals surface area contributed by atoms with Crippen molar-refractivity contribution in [2.75, 3.05) is 31.9 Å². The molecule has 6 rings (SSSR count). The molecule has 3 heterocycles. The number of hydrogen-bond acceptors (Lipinski definition) is 6. The summed E-state index contributed by atoms with van der Waals surface area (Å²) >= 11 is 0. The van der Waals surface area contributed by atoms with Crippen LogP contribution in [0.3, 0.4) is 0 Å². The van der Waals surface area contributed by atoms with Crippen molar-refractivity contribution in [3.63, 3.8) is 0 Å². The SMILES string of the molecule is O=C1NC(C2CCCN(S(=O)(=O)Cc3ccccc3)C2)=NC12CCN(S(=O)(=O)CCc1cccc3ccccc13)CC2. The summed E-state index contributed by atoms with van der Waals surface area (Å²) in [6.07, 6.45) is 2.45. The first-order valence-corrected chi connectivity index (χ1v) is 17.7. The first-order valence-electron chi connectivity index (χ1n) is 14.5. The van der Waals surface area contributed by atoms with Gasteiger partial charge in [0.05, 0.1) is 11.5 Å². The van der Waals surface area contributed by atoms with E-state index in [-0.39, 0.29) is 43.0 Å². The van der Waals surface area contributed by atoms with Crippen LogP contribution in [0.15, 0.2) is 77.8 Å². The van der Waals surface area contributed by atoms with E-state index in [9.17, 15) is 21.6 Å². The number of rotatable bonds is 8. The van der Waals surface area contributed by atoms with Crippen molar-refractivity contribution < 1.29 is 21.6 Å². The highest BCUT2D eigenvalue weighted by Crippen LogP contribution is 2.34. The number of aliphatic imine (C=N–C) groups is 1. The zero-order valence-corrected chi connectivity index (χ0v) is 25.1. The number of benzene rings is 3. The molecule has 1 spiro atoms. The summed E-state index contributed by atoms with van der Waals surface area (Å²) in [5.41, 5.74) is 0.744. The quantitative estimate of drug-likeness (QED) is 0.421. The lowest BCUT2D eigenvalue weighted by molar-refractivity contribution is -0.125. The molecule has 0 bridgehead atoms. The molecule has 42 heavy (non-hydrogen) atoms. The lowest BCUT2D eigenvalue weighted by atomic mass is 9.89. The van der Waals surface area contributed by atoms with Gasteiger partial charge in [-0.1, -0.05) is 72.8 Å². The van der Waals surface area contributed by atoms with E-state index in [1.54, 1.807) is 12.1 Å². The Morgan fingerprint density at radius 2 is 1.55 bits per heavy atom. The van der Waals surface area contributed by atoms with Crippen LogP contribution in [-0.4, -0.2) is 74.7 Å². The molecule has 3 aliphatic heterocycles. The normalized spacial score (nSPS) is 21.9. The van der Waals surface area contributed by atoms with Gasteiger partial charge < -0.3 is 5.32 Å². The Labute approximate surface area is 247 Å². The van der Waals surface area contributed by atoms with Gasteiger partial charge in [0.25, 0.3) is 5.91 Å².